The molecular weight excluding hydrogens is 228 g/mol. The topological polar surface area (TPSA) is 62.1 Å². The highest BCUT2D eigenvalue weighted by Crippen LogP contribution is 2.16. The van der Waals surface area contributed by atoms with Crippen LogP contribution in [0.15, 0.2) is 24.3 Å². The number of carbonyl (C=O) groups excluding carboxylic acids is 1. The third-order valence-electron chi connectivity index (χ3n) is 2.43. The second-order valence-corrected chi connectivity index (χ2v) is 3.87. The third-order valence-corrected chi connectivity index (χ3v) is 2.43. The second-order valence-electron chi connectivity index (χ2n) is 3.87. The van der Waals surface area contributed by atoms with Crippen LogP contribution < -0.4 is 5.32 Å². The molecule has 18 heavy (non-hydrogen) atoms. The van der Waals surface area contributed by atoms with Gasteiger partial charge in [0.1, 0.15) is 0 Å². The number of unbranched alkanes of at least 4 members (excludes halogenated alkanes) is 1. The lowest BCUT2D eigenvalue weighted by Gasteiger charge is -2.10. The molecule has 0 heterocycles. The summed E-state index contributed by atoms with van der Waals surface area (Å²) in [6.07, 6.45) is 2.27. The molecule has 0 aromatic heterocycles. The van der Waals surface area contributed by atoms with E-state index >= 15 is 0 Å². The summed E-state index contributed by atoms with van der Waals surface area (Å²) in [5, 5.41) is 11.5. The van der Waals surface area contributed by atoms with Crippen molar-refractivity contribution in [1.29, 1.82) is 5.26 Å². The summed E-state index contributed by atoms with van der Waals surface area (Å²) in [7, 11) is 0. The van der Waals surface area contributed by atoms with Gasteiger partial charge in [-0.05, 0) is 18.6 Å². The molecule has 1 N–H and O–H groups in total. The van der Waals surface area contributed by atoms with E-state index in [1.165, 1.54) is 0 Å². The summed E-state index contributed by atoms with van der Waals surface area (Å²) in [6, 6.07) is 9.23. The average Bonchev–Trinajstić information content (AvgIpc) is 2.40. The number of carbonyl (C=O) groups is 1. The normalized spacial score (nSPS) is 9.56. The van der Waals surface area contributed by atoms with Crippen molar-refractivity contribution in [2.45, 2.75) is 26.2 Å². The van der Waals surface area contributed by atoms with Gasteiger partial charge in [0.05, 0.1) is 24.7 Å². The Bertz CT molecular complexity index is 424. The number of nitriles is 1. The minimum atomic E-state index is -0.316. The Morgan fingerprint density at radius 1 is 1.44 bits per heavy atom. The number of hydrogen-bond acceptors (Lipinski definition) is 4. The van der Waals surface area contributed by atoms with E-state index in [4.69, 9.17) is 10.00 Å². The van der Waals surface area contributed by atoms with Crippen molar-refractivity contribution in [3.8, 4) is 6.07 Å². The van der Waals surface area contributed by atoms with Gasteiger partial charge >= 0.3 is 5.97 Å². The maximum Gasteiger partial charge on any atom is 0.340 e. The lowest BCUT2D eigenvalue weighted by Crippen LogP contribution is -2.11. The van der Waals surface area contributed by atoms with Crippen LogP contribution in [0.4, 0.5) is 5.69 Å². The highest BCUT2D eigenvalue weighted by atomic mass is 16.5. The molecule has 1 aromatic rings. The summed E-state index contributed by atoms with van der Waals surface area (Å²) in [4.78, 5) is 11.8. The molecule has 1 aromatic carbocycles. The molecular formula is C14H18N2O2. The second kappa shape index (κ2) is 8.13. The summed E-state index contributed by atoms with van der Waals surface area (Å²) in [6.45, 7) is 3.02. The zero-order valence-corrected chi connectivity index (χ0v) is 10.6. The quantitative estimate of drug-likeness (QED) is 0.593. The van der Waals surface area contributed by atoms with Crippen LogP contribution in [0.3, 0.4) is 0 Å². The molecule has 4 nitrogen and oxygen atoms in total. The first-order valence-corrected chi connectivity index (χ1v) is 6.16. The van der Waals surface area contributed by atoms with Crippen molar-refractivity contribution in [3.05, 3.63) is 29.8 Å². The molecule has 0 saturated carbocycles. The van der Waals surface area contributed by atoms with E-state index in [-0.39, 0.29) is 5.97 Å². The molecule has 0 spiro atoms. The first-order valence-electron chi connectivity index (χ1n) is 6.16. The van der Waals surface area contributed by atoms with Crippen molar-refractivity contribution >= 4 is 11.7 Å². The van der Waals surface area contributed by atoms with Crippen molar-refractivity contribution < 1.29 is 9.53 Å². The monoisotopic (exact) mass is 246 g/mol. The van der Waals surface area contributed by atoms with E-state index in [2.05, 4.69) is 5.32 Å². The van der Waals surface area contributed by atoms with Gasteiger partial charge in [0.15, 0.2) is 0 Å². The largest absolute Gasteiger partial charge is 0.462 e. The van der Waals surface area contributed by atoms with Gasteiger partial charge in [0, 0.05) is 12.2 Å². The fourth-order valence-corrected chi connectivity index (χ4v) is 1.46. The van der Waals surface area contributed by atoms with Crippen molar-refractivity contribution in [3.63, 3.8) is 0 Å². The van der Waals surface area contributed by atoms with Crippen LogP contribution in [0.5, 0.6) is 0 Å². The Balaban J connectivity index is 2.63. The smallest absolute Gasteiger partial charge is 0.340 e. The molecule has 0 aliphatic rings. The van der Waals surface area contributed by atoms with Crippen LogP contribution in [0.1, 0.15) is 36.5 Å². The number of benzene rings is 1. The Labute approximate surface area is 108 Å². The van der Waals surface area contributed by atoms with Crippen molar-refractivity contribution in [2.24, 2.45) is 0 Å². The number of hydrogen-bond donors (Lipinski definition) is 1. The Kier molecular flexibility index (Phi) is 6.34. The number of nitrogens with one attached hydrogen (secondary N) is 1. The SMILES string of the molecule is CCCCOC(=O)c1ccccc1NCCC#N. The molecule has 0 atom stereocenters. The number of nitrogens with zero attached hydrogens (tertiary/aromatic N) is 1. The van der Waals surface area contributed by atoms with Crippen LogP contribution >= 0.6 is 0 Å². The van der Waals surface area contributed by atoms with E-state index in [9.17, 15) is 4.79 Å². The van der Waals surface area contributed by atoms with E-state index in [1.54, 1.807) is 12.1 Å². The lowest BCUT2D eigenvalue weighted by atomic mass is 10.2. The predicted octanol–water partition coefficient (Wildman–Crippen LogP) is 2.97. The van der Waals surface area contributed by atoms with Gasteiger partial charge in [-0.3, -0.25) is 0 Å². The van der Waals surface area contributed by atoms with Crippen LogP contribution in [0.25, 0.3) is 0 Å². The Hall–Kier alpha value is -2.02. The first kappa shape index (κ1) is 14.0. The van der Waals surface area contributed by atoms with E-state index in [0.717, 1.165) is 12.8 Å². The van der Waals surface area contributed by atoms with Gasteiger partial charge in [0.2, 0.25) is 0 Å². The Morgan fingerprint density at radius 2 is 2.22 bits per heavy atom. The number of para-hydroxylation sites is 1. The molecule has 0 saturated heterocycles. The average molecular weight is 246 g/mol. The standard InChI is InChI=1S/C14H18N2O2/c1-2-3-11-18-14(17)12-7-4-5-8-13(12)16-10-6-9-15/h4-5,7-8,16H,2-3,6,10-11H2,1H3. The molecule has 0 unspecified atom stereocenters. The van der Waals surface area contributed by atoms with Gasteiger partial charge < -0.3 is 10.1 Å². The van der Waals surface area contributed by atoms with Crippen LogP contribution in [0, 0.1) is 11.3 Å². The highest BCUT2D eigenvalue weighted by molar-refractivity contribution is 5.95. The summed E-state index contributed by atoms with van der Waals surface area (Å²) in [5.41, 5.74) is 1.24. The predicted molar refractivity (Wildman–Crippen MR) is 70.4 cm³/mol. The number of rotatable bonds is 7. The molecule has 96 valence electrons. The van der Waals surface area contributed by atoms with Gasteiger partial charge in [-0.15, -0.1) is 0 Å². The molecule has 0 aliphatic carbocycles. The summed E-state index contributed by atoms with van der Waals surface area (Å²) < 4.78 is 5.17. The van der Waals surface area contributed by atoms with Crippen LogP contribution in [-0.4, -0.2) is 19.1 Å². The first-order chi connectivity index (χ1) is 8.79. The molecule has 0 fully saturated rings. The fourth-order valence-electron chi connectivity index (χ4n) is 1.46. The molecule has 0 amide bonds. The van der Waals surface area contributed by atoms with E-state index in [1.807, 2.05) is 25.1 Å². The van der Waals surface area contributed by atoms with E-state index < -0.39 is 0 Å². The number of esters is 1. The molecule has 1 rings (SSSR count). The summed E-state index contributed by atoms with van der Waals surface area (Å²) in [5.74, 6) is -0.316. The van der Waals surface area contributed by atoms with Crippen LogP contribution in [-0.2, 0) is 4.74 Å². The van der Waals surface area contributed by atoms with Gasteiger partial charge in [-0.1, -0.05) is 25.5 Å². The minimum absolute atomic E-state index is 0.316. The minimum Gasteiger partial charge on any atom is -0.462 e. The van der Waals surface area contributed by atoms with E-state index in [0.29, 0.717) is 30.8 Å². The van der Waals surface area contributed by atoms with Gasteiger partial charge in [0.25, 0.3) is 0 Å². The maximum atomic E-state index is 11.8. The molecule has 4 heteroatoms. The van der Waals surface area contributed by atoms with Crippen LogP contribution in [0.2, 0.25) is 0 Å². The maximum absolute atomic E-state index is 11.8. The van der Waals surface area contributed by atoms with Crippen molar-refractivity contribution in [2.75, 3.05) is 18.5 Å². The zero-order chi connectivity index (χ0) is 13.2. The number of anilines is 1. The number of ether oxygens (including phenoxy) is 1. The highest BCUT2D eigenvalue weighted by Gasteiger charge is 2.11. The molecule has 0 radical (unpaired) electrons. The van der Waals surface area contributed by atoms with Crippen molar-refractivity contribution in [1.82, 2.24) is 0 Å². The Morgan fingerprint density at radius 3 is 2.94 bits per heavy atom. The molecule has 0 bridgehead atoms. The lowest BCUT2D eigenvalue weighted by molar-refractivity contribution is 0.0501. The van der Waals surface area contributed by atoms with Gasteiger partial charge in [-0.2, -0.15) is 5.26 Å². The van der Waals surface area contributed by atoms with Gasteiger partial charge in [-0.25, -0.2) is 4.79 Å². The third kappa shape index (κ3) is 4.46. The molecule has 0 aliphatic heterocycles. The fraction of sp³-hybridized carbons (Fsp3) is 0.429. The zero-order valence-electron chi connectivity index (χ0n) is 10.6. The summed E-state index contributed by atoms with van der Waals surface area (Å²) >= 11 is 0.